The van der Waals surface area contributed by atoms with Crippen molar-refractivity contribution in [2.45, 2.75) is 19.3 Å². The molecule has 0 amide bonds. The minimum atomic E-state index is -0.759. The van der Waals surface area contributed by atoms with E-state index < -0.39 is 11.9 Å². The zero-order valence-electron chi connectivity index (χ0n) is 8.03. The molecule has 1 aromatic rings. The van der Waals surface area contributed by atoms with E-state index in [4.69, 9.17) is 5.11 Å². The first-order valence-electron chi connectivity index (χ1n) is 4.71. The molecule has 0 heterocycles. The minimum Gasteiger partial charge on any atom is -0.481 e. The number of fused-ring (bicyclic) bond motifs is 1. The molecule has 1 N–H and O–H groups in total. The maximum atomic E-state index is 10.9. The molecule has 1 unspecified atom stereocenters. The number of allylic oxidation sites excluding steroid dienone is 1. The van der Waals surface area contributed by atoms with Crippen LogP contribution >= 0.6 is 0 Å². The van der Waals surface area contributed by atoms with Crippen molar-refractivity contribution >= 4 is 12.0 Å². The van der Waals surface area contributed by atoms with Gasteiger partial charge in [0.05, 0.1) is 5.92 Å². The molecule has 1 atom stereocenters. The number of benzene rings is 1. The van der Waals surface area contributed by atoms with Gasteiger partial charge in [0.1, 0.15) is 0 Å². The molecule has 0 fully saturated rings. The van der Waals surface area contributed by atoms with Crippen molar-refractivity contribution in [1.29, 1.82) is 0 Å². The Labute approximate surface area is 82.9 Å². The fraction of sp³-hybridized carbons (Fsp3) is 0.250. The lowest BCUT2D eigenvalue weighted by molar-refractivity contribution is -0.138. The summed E-state index contributed by atoms with van der Waals surface area (Å²) in [7, 11) is 0. The van der Waals surface area contributed by atoms with Crippen molar-refractivity contribution in [3.05, 3.63) is 41.0 Å². The fourth-order valence-corrected chi connectivity index (χ4v) is 1.86. The van der Waals surface area contributed by atoms with Gasteiger partial charge in [-0.1, -0.05) is 30.4 Å². The molecule has 2 nitrogen and oxygen atoms in total. The average Bonchev–Trinajstić information content (AvgIpc) is 2.63. The van der Waals surface area contributed by atoms with Crippen LogP contribution in [-0.2, 0) is 11.2 Å². The largest absolute Gasteiger partial charge is 0.481 e. The normalized spacial score (nSPS) is 15.2. The summed E-state index contributed by atoms with van der Waals surface area (Å²) in [5.41, 5.74) is 3.28. The van der Waals surface area contributed by atoms with Crippen LogP contribution in [0.5, 0.6) is 0 Å². The maximum Gasteiger partial charge on any atom is 0.310 e. The molecular formula is C12H12O2. The van der Waals surface area contributed by atoms with Crippen LogP contribution in [0.15, 0.2) is 24.3 Å². The number of carboxylic acid groups (broad SMARTS) is 1. The van der Waals surface area contributed by atoms with Gasteiger partial charge in [-0.15, -0.1) is 0 Å². The van der Waals surface area contributed by atoms with Crippen molar-refractivity contribution in [3.63, 3.8) is 0 Å². The highest BCUT2D eigenvalue weighted by Gasteiger charge is 2.19. The molecule has 2 heteroatoms. The maximum absolute atomic E-state index is 10.9. The van der Waals surface area contributed by atoms with Crippen molar-refractivity contribution in [1.82, 2.24) is 0 Å². The summed E-state index contributed by atoms with van der Waals surface area (Å²) < 4.78 is 0. The smallest absolute Gasteiger partial charge is 0.310 e. The second kappa shape index (κ2) is 3.29. The van der Waals surface area contributed by atoms with Crippen molar-refractivity contribution < 1.29 is 9.90 Å². The second-order valence-corrected chi connectivity index (χ2v) is 3.58. The summed E-state index contributed by atoms with van der Waals surface area (Å²) >= 11 is 0. The Morgan fingerprint density at radius 2 is 2.29 bits per heavy atom. The molecule has 1 aromatic carbocycles. The number of carbonyl (C=O) groups is 1. The van der Waals surface area contributed by atoms with Crippen molar-refractivity contribution in [3.8, 4) is 0 Å². The summed E-state index contributed by atoms with van der Waals surface area (Å²) in [6.07, 6.45) is 4.99. The van der Waals surface area contributed by atoms with Crippen LogP contribution in [0.4, 0.5) is 0 Å². The van der Waals surface area contributed by atoms with Gasteiger partial charge < -0.3 is 5.11 Å². The first-order valence-corrected chi connectivity index (χ1v) is 4.71. The first kappa shape index (κ1) is 9.00. The number of carboxylic acids is 1. The number of rotatable bonds is 2. The monoisotopic (exact) mass is 188 g/mol. The van der Waals surface area contributed by atoms with Gasteiger partial charge in [0.25, 0.3) is 0 Å². The number of aliphatic carboxylic acids is 1. The Balaban J connectivity index is 2.46. The summed E-state index contributed by atoms with van der Waals surface area (Å²) in [6.45, 7) is 1.73. The van der Waals surface area contributed by atoms with Gasteiger partial charge in [0.2, 0.25) is 0 Å². The predicted octanol–water partition coefficient (Wildman–Crippen LogP) is 2.44. The van der Waals surface area contributed by atoms with Crippen LogP contribution in [0.3, 0.4) is 0 Å². The second-order valence-electron chi connectivity index (χ2n) is 3.58. The summed E-state index contributed by atoms with van der Waals surface area (Å²) in [6, 6.07) is 5.85. The molecule has 0 aromatic heterocycles. The Morgan fingerprint density at radius 1 is 1.50 bits per heavy atom. The lowest BCUT2D eigenvalue weighted by atomic mass is 9.93. The molecule has 2 rings (SSSR count). The zero-order chi connectivity index (χ0) is 10.1. The van der Waals surface area contributed by atoms with Crippen LogP contribution in [0.1, 0.15) is 29.5 Å². The highest BCUT2D eigenvalue weighted by Crippen LogP contribution is 2.28. The molecule has 1 aliphatic carbocycles. The average molecular weight is 188 g/mol. The standard InChI is InChI=1S/C12H12O2/c1-8(12(13)14)10-6-2-4-9-5-3-7-11(9)10/h2-6,8H,7H2,1H3,(H,13,14). The lowest BCUT2D eigenvalue weighted by Crippen LogP contribution is -2.09. The Morgan fingerprint density at radius 3 is 3.00 bits per heavy atom. The molecule has 0 spiro atoms. The molecule has 0 radical (unpaired) electrons. The summed E-state index contributed by atoms with van der Waals surface area (Å²) in [4.78, 5) is 10.9. The van der Waals surface area contributed by atoms with Gasteiger partial charge in [-0.05, 0) is 30.0 Å². The third kappa shape index (κ3) is 1.33. The highest BCUT2D eigenvalue weighted by molar-refractivity contribution is 5.77. The van der Waals surface area contributed by atoms with E-state index in [0.29, 0.717) is 0 Å². The van der Waals surface area contributed by atoms with E-state index in [1.807, 2.05) is 24.3 Å². The lowest BCUT2D eigenvalue weighted by Gasteiger charge is -2.11. The van der Waals surface area contributed by atoms with Crippen molar-refractivity contribution in [2.75, 3.05) is 0 Å². The van der Waals surface area contributed by atoms with E-state index in [9.17, 15) is 4.79 Å². The molecule has 0 saturated heterocycles. The SMILES string of the molecule is CC(C(=O)O)c1cccc2c1CC=C2. The molecule has 72 valence electrons. The highest BCUT2D eigenvalue weighted by atomic mass is 16.4. The van der Waals surface area contributed by atoms with Gasteiger partial charge in [-0.25, -0.2) is 0 Å². The van der Waals surface area contributed by atoms with Gasteiger partial charge in [-0.3, -0.25) is 4.79 Å². The van der Waals surface area contributed by atoms with Gasteiger partial charge in [-0.2, -0.15) is 0 Å². The molecule has 14 heavy (non-hydrogen) atoms. The van der Waals surface area contributed by atoms with Crippen LogP contribution < -0.4 is 0 Å². The third-order valence-corrected chi connectivity index (χ3v) is 2.70. The summed E-state index contributed by atoms with van der Waals surface area (Å²) in [5, 5.41) is 8.95. The van der Waals surface area contributed by atoms with E-state index >= 15 is 0 Å². The van der Waals surface area contributed by atoms with E-state index in [2.05, 4.69) is 6.08 Å². The Hall–Kier alpha value is -1.57. The van der Waals surface area contributed by atoms with Crippen LogP contribution in [0, 0.1) is 0 Å². The summed E-state index contributed by atoms with van der Waals surface area (Å²) in [5.74, 6) is -1.17. The molecular weight excluding hydrogens is 176 g/mol. The first-order chi connectivity index (χ1) is 6.70. The number of hydrogen-bond acceptors (Lipinski definition) is 1. The van der Waals surface area contributed by atoms with E-state index in [1.165, 1.54) is 5.56 Å². The topological polar surface area (TPSA) is 37.3 Å². The van der Waals surface area contributed by atoms with E-state index in [0.717, 1.165) is 17.5 Å². The van der Waals surface area contributed by atoms with E-state index in [-0.39, 0.29) is 0 Å². The third-order valence-electron chi connectivity index (χ3n) is 2.70. The molecule has 1 aliphatic rings. The van der Waals surface area contributed by atoms with Crippen LogP contribution in [-0.4, -0.2) is 11.1 Å². The zero-order valence-corrected chi connectivity index (χ0v) is 8.03. The predicted molar refractivity (Wildman–Crippen MR) is 55.2 cm³/mol. The van der Waals surface area contributed by atoms with Crippen LogP contribution in [0.2, 0.25) is 0 Å². The Kier molecular flexibility index (Phi) is 2.12. The van der Waals surface area contributed by atoms with E-state index in [1.54, 1.807) is 6.92 Å². The van der Waals surface area contributed by atoms with Crippen LogP contribution in [0.25, 0.3) is 6.08 Å². The van der Waals surface area contributed by atoms with Crippen molar-refractivity contribution in [2.24, 2.45) is 0 Å². The molecule has 0 bridgehead atoms. The minimum absolute atomic E-state index is 0.412. The Bertz CT molecular complexity index is 405. The van der Waals surface area contributed by atoms with Gasteiger partial charge >= 0.3 is 5.97 Å². The quantitative estimate of drug-likeness (QED) is 0.774. The fourth-order valence-electron chi connectivity index (χ4n) is 1.86. The molecule has 0 aliphatic heterocycles. The van der Waals surface area contributed by atoms with Gasteiger partial charge in [0.15, 0.2) is 0 Å². The van der Waals surface area contributed by atoms with Gasteiger partial charge in [0, 0.05) is 0 Å². The molecule has 0 saturated carbocycles. The number of hydrogen-bond donors (Lipinski definition) is 1.